The number of hydrogen-bond acceptors (Lipinski definition) is 5. The molecule has 2 aromatic carbocycles. The highest BCUT2D eigenvalue weighted by Crippen LogP contribution is 2.24. The molecule has 0 bridgehead atoms. The quantitative estimate of drug-likeness (QED) is 0.629. The summed E-state index contributed by atoms with van der Waals surface area (Å²) in [5, 5.41) is 3.06. The summed E-state index contributed by atoms with van der Waals surface area (Å²) < 4.78 is 4.95. The third kappa shape index (κ3) is 3.83. The van der Waals surface area contributed by atoms with Crippen molar-refractivity contribution in [3.05, 3.63) is 64.7 Å². The summed E-state index contributed by atoms with van der Waals surface area (Å²) in [6.07, 6.45) is 0. The number of nitrogens with one attached hydrogen (secondary N) is 1. The molecule has 27 heavy (non-hydrogen) atoms. The number of nitrogens with zero attached hydrogens (tertiary/aromatic N) is 1. The fourth-order valence-electron chi connectivity index (χ4n) is 2.65. The molecule has 2 aromatic rings. The number of rotatable bonds is 5. The molecule has 1 atom stereocenters. The molecule has 0 saturated heterocycles. The first-order valence-corrected chi connectivity index (χ1v) is 8.45. The Morgan fingerprint density at radius 1 is 1.04 bits per heavy atom. The van der Waals surface area contributed by atoms with E-state index >= 15 is 0 Å². The van der Waals surface area contributed by atoms with Gasteiger partial charge in [-0.1, -0.05) is 23.7 Å². The fraction of sp³-hybridized carbons (Fsp3) is 0.158. The lowest BCUT2D eigenvalue weighted by Gasteiger charge is -2.20. The minimum absolute atomic E-state index is 0.239. The molecule has 1 aliphatic heterocycles. The van der Waals surface area contributed by atoms with Gasteiger partial charge in [0, 0.05) is 10.7 Å². The van der Waals surface area contributed by atoms with Gasteiger partial charge in [-0.25, -0.2) is 4.79 Å². The molecule has 8 heteroatoms. The molecule has 3 amide bonds. The minimum atomic E-state index is -1.15. The third-order valence-corrected chi connectivity index (χ3v) is 4.28. The van der Waals surface area contributed by atoms with Crippen molar-refractivity contribution < 1.29 is 23.9 Å². The Hall–Kier alpha value is -3.19. The van der Waals surface area contributed by atoms with Crippen molar-refractivity contribution in [2.45, 2.75) is 13.0 Å². The molecule has 0 saturated carbocycles. The first-order chi connectivity index (χ1) is 12.9. The number of carbonyl (C=O) groups excluding carboxylic acids is 4. The zero-order valence-corrected chi connectivity index (χ0v) is 15.0. The van der Waals surface area contributed by atoms with E-state index in [1.807, 2.05) is 0 Å². The van der Waals surface area contributed by atoms with Crippen molar-refractivity contribution >= 4 is 41.0 Å². The molecule has 0 spiro atoms. The van der Waals surface area contributed by atoms with Crippen LogP contribution in [0.3, 0.4) is 0 Å². The molecule has 7 nitrogen and oxygen atoms in total. The zero-order chi connectivity index (χ0) is 19.6. The predicted octanol–water partition coefficient (Wildman–Crippen LogP) is 2.51. The van der Waals surface area contributed by atoms with Crippen molar-refractivity contribution in [3.8, 4) is 0 Å². The summed E-state index contributed by atoms with van der Waals surface area (Å²) in [7, 11) is 0. The van der Waals surface area contributed by atoms with Gasteiger partial charge in [0.1, 0.15) is 6.04 Å². The van der Waals surface area contributed by atoms with Crippen LogP contribution in [-0.4, -0.2) is 41.2 Å². The second-order valence-electron chi connectivity index (χ2n) is 5.86. The largest absolute Gasteiger partial charge is 0.454 e. The monoisotopic (exact) mass is 386 g/mol. The minimum Gasteiger partial charge on any atom is -0.454 e. The van der Waals surface area contributed by atoms with Gasteiger partial charge in [0.2, 0.25) is 0 Å². The summed E-state index contributed by atoms with van der Waals surface area (Å²) in [4.78, 5) is 49.7. The number of carbonyl (C=O) groups is 4. The lowest BCUT2D eigenvalue weighted by molar-refractivity contribution is -0.150. The molecule has 0 fully saturated rings. The van der Waals surface area contributed by atoms with Crippen molar-refractivity contribution in [1.82, 2.24) is 4.90 Å². The van der Waals surface area contributed by atoms with Crippen LogP contribution in [-0.2, 0) is 14.3 Å². The Labute approximate surface area is 159 Å². The summed E-state index contributed by atoms with van der Waals surface area (Å²) in [6, 6.07) is 11.6. The molecule has 1 aliphatic rings. The maximum Gasteiger partial charge on any atom is 0.329 e. The van der Waals surface area contributed by atoms with Crippen LogP contribution < -0.4 is 5.32 Å². The maximum atomic E-state index is 12.4. The smallest absolute Gasteiger partial charge is 0.329 e. The van der Waals surface area contributed by atoms with Crippen LogP contribution in [0.15, 0.2) is 48.5 Å². The Morgan fingerprint density at radius 3 is 2.15 bits per heavy atom. The van der Waals surface area contributed by atoms with Crippen molar-refractivity contribution in [3.63, 3.8) is 0 Å². The normalized spacial score (nSPS) is 13.9. The van der Waals surface area contributed by atoms with Crippen LogP contribution in [0.4, 0.5) is 5.69 Å². The van der Waals surface area contributed by atoms with Gasteiger partial charge >= 0.3 is 5.97 Å². The van der Waals surface area contributed by atoms with Gasteiger partial charge < -0.3 is 10.1 Å². The van der Waals surface area contributed by atoms with Gasteiger partial charge in [-0.3, -0.25) is 19.3 Å². The Morgan fingerprint density at radius 2 is 1.59 bits per heavy atom. The molecule has 0 aromatic heterocycles. The van der Waals surface area contributed by atoms with Gasteiger partial charge in [0.25, 0.3) is 17.7 Å². The second kappa shape index (κ2) is 7.59. The van der Waals surface area contributed by atoms with E-state index < -0.39 is 36.3 Å². The van der Waals surface area contributed by atoms with E-state index in [1.165, 1.54) is 19.1 Å². The molecule has 1 heterocycles. The molecular formula is C19H15ClN2O5. The highest BCUT2D eigenvalue weighted by Gasteiger charge is 2.41. The van der Waals surface area contributed by atoms with Gasteiger partial charge in [0.05, 0.1) is 11.1 Å². The Bertz CT molecular complexity index is 891. The first kappa shape index (κ1) is 18.6. The predicted molar refractivity (Wildman–Crippen MR) is 97.4 cm³/mol. The van der Waals surface area contributed by atoms with Gasteiger partial charge in [0.15, 0.2) is 6.61 Å². The summed E-state index contributed by atoms with van der Waals surface area (Å²) in [6.45, 7) is 0.829. The number of fused-ring (bicyclic) bond motifs is 1. The lowest BCUT2D eigenvalue weighted by atomic mass is 10.1. The Balaban J connectivity index is 1.58. The van der Waals surface area contributed by atoms with Crippen LogP contribution in [0.1, 0.15) is 27.6 Å². The van der Waals surface area contributed by atoms with Crippen LogP contribution >= 0.6 is 11.6 Å². The van der Waals surface area contributed by atoms with E-state index in [9.17, 15) is 19.2 Å². The molecule has 3 rings (SSSR count). The molecule has 138 valence electrons. The van der Waals surface area contributed by atoms with Crippen molar-refractivity contribution in [2.24, 2.45) is 0 Å². The Kier molecular flexibility index (Phi) is 5.23. The fourth-order valence-corrected chi connectivity index (χ4v) is 2.78. The zero-order valence-electron chi connectivity index (χ0n) is 14.3. The summed E-state index contributed by atoms with van der Waals surface area (Å²) in [5.41, 5.74) is 0.971. The highest BCUT2D eigenvalue weighted by molar-refractivity contribution is 6.30. The maximum absolute atomic E-state index is 12.4. The second-order valence-corrected chi connectivity index (χ2v) is 6.30. The third-order valence-electron chi connectivity index (χ3n) is 4.03. The van der Waals surface area contributed by atoms with Crippen LogP contribution in [0.25, 0.3) is 0 Å². The topological polar surface area (TPSA) is 92.8 Å². The van der Waals surface area contributed by atoms with E-state index in [2.05, 4.69) is 5.32 Å². The SMILES string of the molecule is CC(C(=O)OCC(=O)Nc1ccc(Cl)cc1)N1C(=O)c2ccccc2C1=O. The lowest BCUT2D eigenvalue weighted by Crippen LogP contribution is -2.44. The van der Waals surface area contributed by atoms with Crippen molar-refractivity contribution in [2.75, 3.05) is 11.9 Å². The summed E-state index contributed by atoms with van der Waals surface area (Å²) >= 11 is 5.76. The molecule has 1 unspecified atom stereocenters. The van der Waals surface area contributed by atoms with E-state index in [0.717, 1.165) is 4.90 Å². The van der Waals surface area contributed by atoms with E-state index in [0.29, 0.717) is 10.7 Å². The average Bonchev–Trinajstić information content (AvgIpc) is 2.92. The van der Waals surface area contributed by atoms with Crippen LogP contribution in [0, 0.1) is 0 Å². The highest BCUT2D eigenvalue weighted by atomic mass is 35.5. The van der Waals surface area contributed by atoms with E-state index in [1.54, 1.807) is 36.4 Å². The summed E-state index contributed by atoms with van der Waals surface area (Å²) in [5.74, 6) is -2.53. The standard InChI is InChI=1S/C19H15ClN2O5/c1-11(22-17(24)14-4-2-3-5-15(14)18(22)25)19(26)27-10-16(23)21-13-8-6-12(20)7-9-13/h2-9,11H,10H2,1H3,(H,21,23). The first-order valence-electron chi connectivity index (χ1n) is 8.07. The molecule has 0 radical (unpaired) electrons. The molecular weight excluding hydrogens is 372 g/mol. The number of imide groups is 1. The molecule has 1 N–H and O–H groups in total. The number of anilines is 1. The number of amides is 3. The number of halogens is 1. The average molecular weight is 387 g/mol. The number of ether oxygens (including phenoxy) is 1. The number of benzene rings is 2. The number of esters is 1. The van der Waals surface area contributed by atoms with Crippen LogP contribution in [0.5, 0.6) is 0 Å². The van der Waals surface area contributed by atoms with E-state index in [4.69, 9.17) is 16.3 Å². The van der Waals surface area contributed by atoms with E-state index in [-0.39, 0.29) is 11.1 Å². The van der Waals surface area contributed by atoms with Gasteiger partial charge in [-0.05, 0) is 43.3 Å². The van der Waals surface area contributed by atoms with Crippen molar-refractivity contribution in [1.29, 1.82) is 0 Å². The van der Waals surface area contributed by atoms with Crippen LogP contribution in [0.2, 0.25) is 5.02 Å². The molecule has 0 aliphatic carbocycles. The van der Waals surface area contributed by atoms with Gasteiger partial charge in [-0.2, -0.15) is 0 Å². The van der Waals surface area contributed by atoms with Gasteiger partial charge in [-0.15, -0.1) is 0 Å². The number of hydrogen-bond donors (Lipinski definition) is 1.